The Hall–Kier alpha value is -3.52. The van der Waals surface area contributed by atoms with Crippen LogP contribution in [0.2, 0.25) is 0 Å². The molecule has 7 heteroatoms. The lowest BCUT2D eigenvalue weighted by atomic mass is 9.97. The molecule has 0 saturated carbocycles. The summed E-state index contributed by atoms with van der Waals surface area (Å²) in [7, 11) is 0. The zero-order valence-electron chi connectivity index (χ0n) is 23.4. The highest BCUT2D eigenvalue weighted by Crippen LogP contribution is 2.31. The second kappa shape index (κ2) is 16.2. The molecule has 216 valence electrons. The topological polar surface area (TPSA) is 58.5 Å². The van der Waals surface area contributed by atoms with Gasteiger partial charge >= 0.3 is 0 Å². The molecule has 42 heavy (non-hydrogen) atoms. The Balaban J connectivity index is 1.41. The van der Waals surface area contributed by atoms with Crippen molar-refractivity contribution >= 4 is 17.4 Å². The molecule has 0 aromatic heterocycles. The Morgan fingerprint density at radius 3 is 1.40 bits per heavy atom. The quantitative estimate of drug-likeness (QED) is 0.121. The van der Waals surface area contributed by atoms with E-state index < -0.39 is 30.6 Å². The fourth-order valence-electron chi connectivity index (χ4n) is 4.92. The van der Waals surface area contributed by atoms with Crippen LogP contribution >= 0.6 is 12.2 Å². The summed E-state index contributed by atoms with van der Waals surface area (Å²) in [6.45, 7) is 1.81. The molecule has 1 fully saturated rings. The molecule has 1 aliphatic rings. The molecule has 0 N–H and O–H groups in total. The highest BCUT2D eigenvalue weighted by Gasteiger charge is 2.48. The first kappa shape index (κ1) is 30.0. The van der Waals surface area contributed by atoms with E-state index in [2.05, 4.69) is 10.2 Å². The maximum absolute atomic E-state index is 6.64. The molecule has 0 radical (unpaired) electrons. The predicted molar refractivity (Wildman–Crippen MR) is 165 cm³/mol. The van der Waals surface area contributed by atoms with Gasteiger partial charge in [0.05, 0.1) is 38.2 Å². The van der Waals surface area contributed by atoms with Crippen LogP contribution < -0.4 is 0 Å². The van der Waals surface area contributed by atoms with Crippen molar-refractivity contribution in [1.82, 2.24) is 0 Å². The second-order valence-corrected chi connectivity index (χ2v) is 10.3. The Bertz CT molecular complexity index is 1370. The number of thiocarbonyl (C=S) groups is 1. The minimum Gasteiger partial charge on any atom is -0.374 e. The van der Waals surface area contributed by atoms with Crippen LogP contribution in [0.1, 0.15) is 22.3 Å². The average molecular weight is 582 g/mol. The molecule has 1 aliphatic heterocycles. The van der Waals surface area contributed by atoms with Crippen LogP contribution in [0.15, 0.2) is 126 Å². The number of ether oxygens (including phenoxy) is 5. The van der Waals surface area contributed by atoms with Crippen molar-refractivity contribution in [1.29, 1.82) is 0 Å². The summed E-state index contributed by atoms with van der Waals surface area (Å²) in [5, 5.41) is 2.50. The van der Waals surface area contributed by atoms with Crippen molar-refractivity contribution in [3.63, 3.8) is 0 Å². The lowest BCUT2D eigenvalue weighted by molar-refractivity contribution is -0.270. The standard InChI is InChI=1S/C35H35NO5S/c42-26-36-35-34(40-24-30-19-11-4-12-20-30)33(39-23-29-17-9-3-10-18-29)32(38-22-28-15-7-2-8-16-28)31(41-35)25-37-21-27-13-5-1-6-14-27/h1-20,31-35H,21-25H2/t31-,32+,33+,34-,35+/m1/s1. The van der Waals surface area contributed by atoms with Gasteiger partial charge in [-0.1, -0.05) is 121 Å². The Morgan fingerprint density at radius 2 is 0.952 bits per heavy atom. The van der Waals surface area contributed by atoms with E-state index in [4.69, 9.17) is 35.9 Å². The largest absolute Gasteiger partial charge is 0.374 e. The molecular weight excluding hydrogens is 546 g/mol. The second-order valence-electron chi connectivity index (χ2n) is 10.1. The maximum Gasteiger partial charge on any atom is 0.187 e. The van der Waals surface area contributed by atoms with Crippen molar-refractivity contribution < 1.29 is 23.7 Å². The molecule has 1 heterocycles. The molecule has 5 rings (SSSR count). The summed E-state index contributed by atoms with van der Waals surface area (Å²) >= 11 is 5.02. The molecular formula is C35H35NO5S. The van der Waals surface area contributed by atoms with Gasteiger partial charge in [-0.05, 0) is 34.5 Å². The molecule has 0 unspecified atom stereocenters. The predicted octanol–water partition coefficient (Wildman–Crippen LogP) is 6.79. The van der Waals surface area contributed by atoms with E-state index in [0.29, 0.717) is 26.4 Å². The summed E-state index contributed by atoms with van der Waals surface area (Å²) in [5.74, 6) is 0. The lowest BCUT2D eigenvalue weighted by Crippen LogP contribution is -2.60. The molecule has 5 atom stereocenters. The Labute approximate surface area is 252 Å². The van der Waals surface area contributed by atoms with Gasteiger partial charge in [-0.15, -0.1) is 0 Å². The fraction of sp³-hybridized carbons (Fsp3) is 0.286. The molecule has 4 aromatic rings. The number of isothiocyanates is 1. The fourth-order valence-corrected chi connectivity index (χ4v) is 5.02. The summed E-state index contributed by atoms with van der Waals surface area (Å²) in [4.78, 5) is 4.38. The van der Waals surface area contributed by atoms with Gasteiger partial charge in [0.15, 0.2) is 6.23 Å². The van der Waals surface area contributed by atoms with Gasteiger partial charge < -0.3 is 23.7 Å². The zero-order valence-corrected chi connectivity index (χ0v) is 24.2. The van der Waals surface area contributed by atoms with Crippen LogP contribution in [0.5, 0.6) is 0 Å². The maximum atomic E-state index is 6.64. The summed E-state index contributed by atoms with van der Waals surface area (Å²) in [6, 6.07) is 40.1. The van der Waals surface area contributed by atoms with Gasteiger partial charge in [0.2, 0.25) is 0 Å². The van der Waals surface area contributed by atoms with Crippen LogP contribution in [-0.2, 0) is 50.1 Å². The van der Waals surface area contributed by atoms with Crippen LogP contribution in [0, 0.1) is 0 Å². The van der Waals surface area contributed by atoms with Gasteiger partial charge in [-0.2, -0.15) is 4.99 Å². The van der Waals surface area contributed by atoms with Gasteiger partial charge in [-0.25, -0.2) is 0 Å². The van der Waals surface area contributed by atoms with E-state index >= 15 is 0 Å². The van der Waals surface area contributed by atoms with Crippen LogP contribution in [0.3, 0.4) is 0 Å². The number of hydrogen-bond acceptors (Lipinski definition) is 7. The van der Waals surface area contributed by atoms with E-state index in [1.165, 1.54) is 0 Å². The van der Waals surface area contributed by atoms with E-state index in [0.717, 1.165) is 22.3 Å². The molecule has 0 amide bonds. The third kappa shape index (κ3) is 8.74. The third-order valence-electron chi connectivity index (χ3n) is 7.04. The van der Waals surface area contributed by atoms with Crippen molar-refractivity contribution in [2.75, 3.05) is 6.61 Å². The number of rotatable bonds is 14. The van der Waals surface area contributed by atoms with Crippen molar-refractivity contribution in [2.24, 2.45) is 4.99 Å². The first-order chi connectivity index (χ1) is 20.8. The van der Waals surface area contributed by atoms with Crippen molar-refractivity contribution in [2.45, 2.75) is 57.1 Å². The summed E-state index contributed by atoms with van der Waals surface area (Å²) in [5.41, 5.74) is 4.19. The van der Waals surface area contributed by atoms with Gasteiger partial charge in [0, 0.05) is 0 Å². The van der Waals surface area contributed by atoms with Crippen LogP contribution in [0.25, 0.3) is 0 Å². The van der Waals surface area contributed by atoms with E-state index in [9.17, 15) is 0 Å². The zero-order chi connectivity index (χ0) is 28.8. The molecule has 0 bridgehead atoms. The van der Waals surface area contributed by atoms with Gasteiger partial charge in [0.25, 0.3) is 0 Å². The van der Waals surface area contributed by atoms with Gasteiger partial charge in [-0.3, -0.25) is 0 Å². The van der Waals surface area contributed by atoms with E-state index in [-0.39, 0.29) is 6.61 Å². The smallest absolute Gasteiger partial charge is 0.187 e. The molecule has 4 aromatic carbocycles. The van der Waals surface area contributed by atoms with Crippen LogP contribution in [0.4, 0.5) is 0 Å². The van der Waals surface area contributed by atoms with E-state index in [1.807, 2.05) is 121 Å². The molecule has 0 spiro atoms. The Morgan fingerprint density at radius 1 is 0.548 bits per heavy atom. The van der Waals surface area contributed by atoms with Crippen LogP contribution in [-0.4, -0.2) is 42.4 Å². The molecule has 0 aliphatic carbocycles. The first-order valence-corrected chi connectivity index (χ1v) is 14.5. The minimum absolute atomic E-state index is 0.272. The van der Waals surface area contributed by atoms with E-state index in [1.54, 1.807) is 0 Å². The lowest BCUT2D eigenvalue weighted by Gasteiger charge is -2.44. The first-order valence-electron chi connectivity index (χ1n) is 14.1. The minimum atomic E-state index is -0.742. The SMILES string of the molecule is S=C=N[C@H]1O[C@H](COCc2ccccc2)[C@H](OCc2ccccc2)[C@H](OCc2ccccc2)[C@H]1OCc1ccccc1. The highest BCUT2D eigenvalue weighted by atomic mass is 32.1. The number of aliphatic imine (C=N–C) groups is 1. The van der Waals surface area contributed by atoms with Crippen molar-refractivity contribution in [3.8, 4) is 0 Å². The normalized spacial score (nSPS) is 21.9. The number of hydrogen-bond donors (Lipinski definition) is 0. The Kier molecular flexibility index (Phi) is 11.6. The monoisotopic (exact) mass is 581 g/mol. The number of benzene rings is 4. The summed E-state index contributed by atoms with van der Waals surface area (Å²) < 4.78 is 32.4. The third-order valence-corrected chi connectivity index (χ3v) is 7.14. The average Bonchev–Trinajstić information content (AvgIpc) is 3.05. The highest BCUT2D eigenvalue weighted by molar-refractivity contribution is 7.78. The summed E-state index contributed by atoms with van der Waals surface area (Å²) in [6.07, 6.45) is -2.88. The molecule has 1 saturated heterocycles. The van der Waals surface area contributed by atoms with Gasteiger partial charge in [0.1, 0.15) is 24.4 Å². The number of nitrogens with zero attached hydrogens (tertiary/aromatic N) is 1. The molecule has 6 nitrogen and oxygen atoms in total. The van der Waals surface area contributed by atoms with Crippen molar-refractivity contribution in [3.05, 3.63) is 144 Å².